The molecule has 18 heavy (non-hydrogen) atoms. The number of benzene rings is 2. The van der Waals surface area contributed by atoms with Crippen molar-refractivity contribution in [2.45, 2.75) is 12.8 Å². The lowest BCUT2D eigenvalue weighted by atomic mass is 10.2. The molecule has 0 saturated heterocycles. The molecule has 0 radical (unpaired) electrons. The topological polar surface area (TPSA) is 9.23 Å². The van der Waals surface area contributed by atoms with Gasteiger partial charge < -0.3 is 4.74 Å². The van der Waals surface area contributed by atoms with Crippen molar-refractivity contribution in [1.82, 2.24) is 0 Å². The summed E-state index contributed by atoms with van der Waals surface area (Å²) in [6.07, 6.45) is 0. The Hall–Kier alpha value is -1.25. The van der Waals surface area contributed by atoms with E-state index >= 15 is 0 Å². The Balaban J connectivity index is 2.25. The Morgan fingerprint density at radius 2 is 1.94 bits per heavy atom. The van der Waals surface area contributed by atoms with Crippen molar-refractivity contribution < 1.29 is 9.13 Å². The average molecular weight is 285 g/mol. The first-order valence-corrected chi connectivity index (χ1v) is 6.30. The minimum atomic E-state index is -0.258. The summed E-state index contributed by atoms with van der Waals surface area (Å²) < 4.78 is 18.7. The Morgan fingerprint density at radius 3 is 2.56 bits per heavy atom. The zero-order chi connectivity index (χ0) is 13.1. The number of ether oxygens (including phenoxy) is 1. The molecule has 0 unspecified atom stereocenters. The van der Waals surface area contributed by atoms with Gasteiger partial charge >= 0.3 is 0 Å². The smallest absolute Gasteiger partial charge is 0.146 e. The molecular formula is C14H11Cl2FO. The molecular weight excluding hydrogens is 274 g/mol. The molecule has 0 amide bonds. The van der Waals surface area contributed by atoms with Crippen molar-refractivity contribution >= 4 is 23.2 Å². The fourth-order valence-corrected chi connectivity index (χ4v) is 1.93. The maximum absolute atomic E-state index is 13.1. The first-order chi connectivity index (χ1) is 8.60. The quantitative estimate of drug-likeness (QED) is 0.693. The highest BCUT2D eigenvalue weighted by molar-refractivity contribution is 6.32. The Labute approximate surface area is 115 Å². The third-order valence-corrected chi connectivity index (χ3v) is 3.11. The monoisotopic (exact) mass is 284 g/mol. The lowest BCUT2D eigenvalue weighted by molar-refractivity contribution is 0.480. The van der Waals surface area contributed by atoms with Crippen LogP contribution in [0.5, 0.6) is 11.5 Å². The highest BCUT2D eigenvalue weighted by atomic mass is 35.5. The van der Waals surface area contributed by atoms with Crippen LogP contribution in [0.3, 0.4) is 0 Å². The Morgan fingerprint density at radius 1 is 1.17 bits per heavy atom. The number of hydrogen-bond acceptors (Lipinski definition) is 1. The summed E-state index contributed by atoms with van der Waals surface area (Å²) >= 11 is 11.8. The number of halogens is 3. The standard InChI is InChI=1S/C14H11Cl2FO/c1-9-6-11(3-4-13(9)17)18-14-5-2-10(8-15)7-12(14)16/h2-7H,8H2,1H3. The van der Waals surface area contributed by atoms with Gasteiger partial charge in [0.25, 0.3) is 0 Å². The van der Waals surface area contributed by atoms with Crippen molar-refractivity contribution in [3.05, 3.63) is 58.4 Å². The van der Waals surface area contributed by atoms with Gasteiger partial charge in [0.2, 0.25) is 0 Å². The van der Waals surface area contributed by atoms with Gasteiger partial charge in [-0.25, -0.2) is 4.39 Å². The molecule has 1 nitrogen and oxygen atoms in total. The number of aryl methyl sites for hydroxylation is 1. The van der Waals surface area contributed by atoms with Crippen LogP contribution in [0, 0.1) is 12.7 Å². The molecule has 94 valence electrons. The minimum absolute atomic E-state index is 0.258. The molecule has 0 fully saturated rings. The normalized spacial score (nSPS) is 10.4. The molecule has 0 aromatic heterocycles. The van der Waals surface area contributed by atoms with Gasteiger partial charge in [0.05, 0.1) is 5.02 Å². The Kier molecular flexibility index (Phi) is 4.10. The second-order valence-corrected chi connectivity index (χ2v) is 4.59. The first kappa shape index (κ1) is 13.2. The van der Waals surface area contributed by atoms with Crippen molar-refractivity contribution in [2.24, 2.45) is 0 Å². The van der Waals surface area contributed by atoms with Crippen LogP contribution >= 0.6 is 23.2 Å². The van der Waals surface area contributed by atoms with Gasteiger partial charge in [-0.15, -0.1) is 11.6 Å². The van der Waals surface area contributed by atoms with E-state index in [1.165, 1.54) is 6.07 Å². The summed E-state index contributed by atoms with van der Waals surface area (Å²) in [5.74, 6) is 1.22. The van der Waals surface area contributed by atoms with Gasteiger partial charge in [0, 0.05) is 5.88 Å². The first-order valence-electron chi connectivity index (χ1n) is 5.38. The molecule has 0 aliphatic rings. The average Bonchev–Trinajstić information content (AvgIpc) is 2.36. The number of rotatable bonds is 3. The third-order valence-electron chi connectivity index (χ3n) is 2.51. The van der Waals surface area contributed by atoms with Gasteiger partial charge in [-0.3, -0.25) is 0 Å². The summed E-state index contributed by atoms with van der Waals surface area (Å²) in [6, 6.07) is 9.89. The summed E-state index contributed by atoms with van der Waals surface area (Å²) in [6.45, 7) is 1.68. The number of hydrogen-bond donors (Lipinski definition) is 0. The van der Waals surface area contributed by atoms with Crippen LogP contribution in [0.4, 0.5) is 4.39 Å². The minimum Gasteiger partial charge on any atom is -0.456 e. The number of alkyl halides is 1. The maximum atomic E-state index is 13.1. The van der Waals surface area contributed by atoms with E-state index in [1.807, 2.05) is 6.07 Å². The lowest BCUT2D eigenvalue weighted by Crippen LogP contribution is -1.89. The molecule has 2 aromatic carbocycles. The second-order valence-electron chi connectivity index (χ2n) is 3.91. The zero-order valence-electron chi connectivity index (χ0n) is 9.71. The lowest BCUT2D eigenvalue weighted by Gasteiger charge is -2.09. The summed E-state index contributed by atoms with van der Waals surface area (Å²) in [7, 11) is 0. The predicted molar refractivity (Wildman–Crippen MR) is 72.2 cm³/mol. The summed E-state index contributed by atoms with van der Waals surface area (Å²) in [4.78, 5) is 0. The molecule has 0 aliphatic carbocycles. The summed E-state index contributed by atoms with van der Waals surface area (Å²) in [5, 5.41) is 0.482. The molecule has 2 aromatic rings. The predicted octanol–water partition coefficient (Wildman–Crippen LogP) is 5.32. The summed E-state index contributed by atoms with van der Waals surface area (Å²) in [5.41, 5.74) is 1.45. The van der Waals surface area contributed by atoms with Gasteiger partial charge in [0.1, 0.15) is 17.3 Å². The van der Waals surface area contributed by atoms with E-state index in [-0.39, 0.29) is 5.82 Å². The Bertz CT molecular complexity index is 570. The molecule has 4 heteroatoms. The highest BCUT2D eigenvalue weighted by Crippen LogP contribution is 2.31. The van der Waals surface area contributed by atoms with Crippen molar-refractivity contribution in [2.75, 3.05) is 0 Å². The van der Waals surface area contributed by atoms with E-state index < -0.39 is 0 Å². The molecule has 0 aliphatic heterocycles. The molecule has 0 saturated carbocycles. The highest BCUT2D eigenvalue weighted by Gasteiger charge is 2.06. The van der Waals surface area contributed by atoms with Crippen LogP contribution in [0.25, 0.3) is 0 Å². The van der Waals surface area contributed by atoms with Crippen molar-refractivity contribution in [1.29, 1.82) is 0 Å². The van der Waals surface area contributed by atoms with Crippen LogP contribution in [0.1, 0.15) is 11.1 Å². The molecule has 0 heterocycles. The van der Waals surface area contributed by atoms with Crippen molar-refractivity contribution in [3.63, 3.8) is 0 Å². The van der Waals surface area contributed by atoms with Crippen LogP contribution in [-0.4, -0.2) is 0 Å². The molecule has 0 N–H and O–H groups in total. The van der Waals surface area contributed by atoms with E-state index in [0.717, 1.165) is 5.56 Å². The second kappa shape index (κ2) is 5.59. The maximum Gasteiger partial charge on any atom is 0.146 e. The molecule has 2 rings (SSSR count). The van der Waals surface area contributed by atoms with Crippen LogP contribution in [0.15, 0.2) is 36.4 Å². The largest absolute Gasteiger partial charge is 0.456 e. The van der Waals surface area contributed by atoms with E-state index in [4.69, 9.17) is 27.9 Å². The van der Waals surface area contributed by atoms with Gasteiger partial charge in [0.15, 0.2) is 0 Å². The van der Waals surface area contributed by atoms with Gasteiger partial charge in [-0.2, -0.15) is 0 Å². The molecule has 0 spiro atoms. The van der Waals surface area contributed by atoms with Crippen LogP contribution in [-0.2, 0) is 5.88 Å². The van der Waals surface area contributed by atoms with E-state index in [0.29, 0.717) is 28.0 Å². The molecule has 0 atom stereocenters. The third kappa shape index (κ3) is 2.95. The van der Waals surface area contributed by atoms with E-state index in [1.54, 1.807) is 31.2 Å². The van der Waals surface area contributed by atoms with E-state index in [2.05, 4.69) is 0 Å². The fourth-order valence-electron chi connectivity index (χ4n) is 1.52. The van der Waals surface area contributed by atoms with Gasteiger partial charge in [-0.1, -0.05) is 17.7 Å². The SMILES string of the molecule is Cc1cc(Oc2ccc(CCl)cc2Cl)ccc1F. The van der Waals surface area contributed by atoms with Crippen molar-refractivity contribution in [3.8, 4) is 11.5 Å². The van der Waals surface area contributed by atoms with E-state index in [9.17, 15) is 4.39 Å². The van der Waals surface area contributed by atoms with Gasteiger partial charge in [-0.05, 0) is 48.4 Å². The zero-order valence-corrected chi connectivity index (χ0v) is 11.2. The fraction of sp³-hybridized carbons (Fsp3) is 0.143. The van der Waals surface area contributed by atoms with Crippen LogP contribution in [0.2, 0.25) is 5.02 Å². The molecule has 0 bridgehead atoms. The van der Waals surface area contributed by atoms with Crippen LogP contribution < -0.4 is 4.74 Å².